The molecule has 0 N–H and O–H groups in total. The second-order valence-corrected chi connectivity index (χ2v) is 6.64. The summed E-state index contributed by atoms with van der Waals surface area (Å²) in [5.41, 5.74) is 1.76. The predicted molar refractivity (Wildman–Crippen MR) is 90.8 cm³/mol. The van der Waals surface area contributed by atoms with Crippen molar-refractivity contribution in [3.8, 4) is 0 Å². The maximum Gasteiger partial charge on any atom is 0.255 e. The third-order valence-electron chi connectivity index (χ3n) is 4.90. The van der Waals surface area contributed by atoms with Crippen LogP contribution in [-0.2, 0) is 9.47 Å². The van der Waals surface area contributed by atoms with E-state index in [0.717, 1.165) is 19.3 Å². The molecular weight excluding hydrogens is 323 g/mol. The first-order chi connectivity index (χ1) is 12.1. The third-order valence-corrected chi connectivity index (χ3v) is 4.90. The zero-order valence-corrected chi connectivity index (χ0v) is 14.2. The van der Waals surface area contributed by atoms with Crippen molar-refractivity contribution in [1.82, 2.24) is 9.88 Å². The number of aryl methyl sites for hydroxylation is 1. The molecule has 132 valence electrons. The van der Waals surface area contributed by atoms with Crippen molar-refractivity contribution >= 4 is 16.8 Å². The number of carbonyl (C=O) groups is 1. The van der Waals surface area contributed by atoms with E-state index in [1.807, 2.05) is 11.8 Å². The van der Waals surface area contributed by atoms with Crippen LogP contribution in [-0.4, -0.2) is 47.9 Å². The van der Waals surface area contributed by atoms with E-state index in [0.29, 0.717) is 41.9 Å². The van der Waals surface area contributed by atoms with E-state index in [-0.39, 0.29) is 24.1 Å². The number of aromatic nitrogens is 1. The highest BCUT2D eigenvalue weighted by atomic mass is 19.1. The monoisotopic (exact) mass is 344 g/mol. The first-order valence-electron chi connectivity index (χ1n) is 8.74. The number of piperidine rings is 1. The fraction of sp³-hybridized carbons (Fsp3) is 0.474. The van der Waals surface area contributed by atoms with Gasteiger partial charge >= 0.3 is 0 Å². The molecule has 6 heteroatoms. The summed E-state index contributed by atoms with van der Waals surface area (Å²) >= 11 is 0. The molecule has 3 heterocycles. The fourth-order valence-electron chi connectivity index (χ4n) is 3.76. The van der Waals surface area contributed by atoms with Crippen LogP contribution in [0.15, 0.2) is 24.3 Å². The molecule has 25 heavy (non-hydrogen) atoms. The molecule has 5 nitrogen and oxygen atoms in total. The van der Waals surface area contributed by atoms with Crippen molar-refractivity contribution in [2.24, 2.45) is 0 Å². The number of rotatable bonds is 2. The molecule has 1 amide bonds. The third kappa shape index (κ3) is 3.12. The lowest BCUT2D eigenvalue weighted by Crippen LogP contribution is -2.50. The fourth-order valence-corrected chi connectivity index (χ4v) is 3.76. The summed E-state index contributed by atoms with van der Waals surface area (Å²) in [6, 6.07) is 6.08. The average molecular weight is 344 g/mol. The minimum atomic E-state index is -0.354. The average Bonchev–Trinajstić information content (AvgIpc) is 3.14. The topological polar surface area (TPSA) is 51.7 Å². The Morgan fingerprint density at radius 1 is 1.24 bits per heavy atom. The number of ether oxygens (including phenoxy) is 2. The predicted octanol–water partition coefficient (Wildman–Crippen LogP) is 3.05. The van der Waals surface area contributed by atoms with E-state index in [1.54, 1.807) is 12.1 Å². The van der Waals surface area contributed by atoms with Crippen molar-refractivity contribution in [2.75, 3.05) is 19.8 Å². The molecule has 2 aromatic rings. The molecule has 1 aromatic heterocycles. The van der Waals surface area contributed by atoms with Crippen LogP contribution in [0.3, 0.4) is 0 Å². The van der Waals surface area contributed by atoms with Gasteiger partial charge in [0.15, 0.2) is 6.29 Å². The number of hydrogen-bond acceptors (Lipinski definition) is 4. The number of fused-ring (bicyclic) bond motifs is 1. The first-order valence-corrected chi connectivity index (χ1v) is 8.74. The van der Waals surface area contributed by atoms with Gasteiger partial charge in [0.25, 0.3) is 5.91 Å². The van der Waals surface area contributed by atoms with Crippen LogP contribution in [0.25, 0.3) is 10.9 Å². The van der Waals surface area contributed by atoms with Gasteiger partial charge in [-0.25, -0.2) is 4.39 Å². The maximum absolute atomic E-state index is 13.6. The number of halogens is 1. The highest BCUT2D eigenvalue weighted by molar-refractivity contribution is 6.06. The molecule has 0 radical (unpaired) electrons. The van der Waals surface area contributed by atoms with Gasteiger partial charge in [0.1, 0.15) is 5.82 Å². The lowest BCUT2D eigenvalue weighted by Gasteiger charge is -2.38. The highest BCUT2D eigenvalue weighted by Gasteiger charge is 2.37. The Morgan fingerprint density at radius 3 is 2.84 bits per heavy atom. The number of amides is 1. The smallest absolute Gasteiger partial charge is 0.255 e. The molecule has 2 saturated heterocycles. The van der Waals surface area contributed by atoms with E-state index in [9.17, 15) is 9.18 Å². The summed E-state index contributed by atoms with van der Waals surface area (Å²) in [6.07, 6.45) is 2.54. The lowest BCUT2D eigenvalue weighted by molar-refractivity contribution is -0.100. The van der Waals surface area contributed by atoms with Crippen molar-refractivity contribution in [3.63, 3.8) is 0 Å². The summed E-state index contributed by atoms with van der Waals surface area (Å²) in [4.78, 5) is 19.5. The Hall–Kier alpha value is -2.05. The Balaban J connectivity index is 1.72. The van der Waals surface area contributed by atoms with E-state index in [1.165, 1.54) is 12.1 Å². The Labute approximate surface area is 145 Å². The zero-order chi connectivity index (χ0) is 17.4. The van der Waals surface area contributed by atoms with Gasteiger partial charge in [-0.2, -0.15) is 0 Å². The molecule has 0 spiro atoms. The van der Waals surface area contributed by atoms with E-state index in [4.69, 9.17) is 9.47 Å². The Bertz CT molecular complexity index is 799. The lowest BCUT2D eigenvalue weighted by atomic mass is 9.99. The number of hydrogen-bond donors (Lipinski definition) is 0. The summed E-state index contributed by atoms with van der Waals surface area (Å²) in [7, 11) is 0. The molecule has 2 fully saturated rings. The second kappa shape index (κ2) is 6.69. The summed E-state index contributed by atoms with van der Waals surface area (Å²) in [5.74, 6) is -0.418. The molecular formula is C19H21FN2O3. The minimum Gasteiger partial charge on any atom is -0.348 e. The molecule has 2 aliphatic rings. The molecule has 2 aliphatic heterocycles. The van der Waals surface area contributed by atoms with Crippen LogP contribution in [0.1, 0.15) is 35.3 Å². The van der Waals surface area contributed by atoms with Crippen LogP contribution in [0.2, 0.25) is 0 Å². The maximum atomic E-state index is 13.6. The van der Waals surface area contributed by atoms with Crippen LogP contribution in [0.5, 0.6) is 0 Å². The number of likely N-dealkylation sites (tertiary alicyclic amines) is 1. The second-order valence-electron chi connectivity index (χ2n) is 6.64. The van der Waals surface area contributed by atoms with Crippen LogP contribution in [0, 0.1) is 12.7 Å². The molecule has 4 rings (SSSR count). The van der Waals surface area contributed by atoms with Crippen molar-refractivity contribution in [1.29, 1.82) is 0 Å². The summed E-state index contributed by atoms with van der Waals surface area (Å²) in [6.45, 7) is 3.63. The van der Waals surface area contributed by atoms with Gasteiger partial charge in [-0.15, -0.1) is 0 Å². The quantitative estimate of drug-likeness (QED) is 0.840. The largest absolute Gasteiger partial charge is 0.348 e. The van der Waals surface area contributed by atoms with Crippen molar-refractivity contribution in [2.45, 2.75) is 38.5 Å². The molecule has 0 bridgehead atoms. The summed E-state index contributed by atoms with van der Waals surface area (Å²) in [5, 5.41) is 0.676. The normalized spacial score (nSPS) is 21.8. The van der Waals surface area contributed by atoms with Gasteiger partial charge in [0.2, 0.25) is 0 Å². The standard InChI is InChI=1S/C19H21FN2O3/c1-12-10-15(14-6-5-13(20)11-16(14)21-12)18(23)22-7-3-2-4-17(22)19-24-8-9-25-19/h5-6,10-11,17,19H,2-4,7-9H2,1H3. The van der Waals surface area contributed by atoms with Crippen molar-refractivity contribution in [3.05, 3.63) is 41.3 Å². The van der Waals surface area contributed by atoms with E-state index in [2.05, 4.69) is 4.98 Å². The highest BCUT2D eigenvalue weighted by Crippen LogP contribution is 2.28. The van der Waals surface area contributed by atoms with E-state index >= 15 is 0 Å². The minimum absolute atomic E-state index is 0.0640. The Morgan fingerprint density at radius 2 is 2.04 bits per heavy atom. The number of pyridine rings is 1. The molecule has 0 aliphatic carbocycles. The van der Waals surface area contributed by atoms with Crippen LogP contribution in [0.4, 0.5) is 4.39 Å². The number of carbonyl (C=O) groups excluding carboxylic acids is 1. The van der Waals surface area contributed by atoms with Gasteiger partial charge in [0.05, 0.1) is 30.3 Å². The zero-order valence-electron chi connectivity index (χ0n) is 14.2. The van der Waals surface area contributed by atoms with E-state index < -0.39 is 0 Å². The molecule has 1 unspecified atom stereocenters. The molecule has 0 saturated carbocycles. The van der Waals surface area contributed by atoms with Gasteiger partial charge in [0, 0.05) is 23.7 Å². The van der Waals surface area contributed by atoms with Gasteiger partial charge in [-0.1, -0.05) is 0 Å². The van der Waals surface area contributed by atoms with Crippen molar-refractivity contribution < 1.29 is 18.7 Å². The van der Waals surface area contributed by atoms with Gasteiger partial charge < -0.3 is 14.4 Å². The molecule has 1 aromatic carbocycles. The van der Waals surface area contributed by atoms with Gasteiger partial charge in [-0.3, -0.25) is 9.78 Å². The first kappa shape index (κ1) is 16.4. The number of benzene rings is 1. The SMILES string of the molecule is Cc1cc(C(=O)N2CCCCC2C2OCCO2)c2ccc(F)cc2n1. The number of nitrogens with zero attached hydrogens (tertiary/aromatic N) is 2. The van der Waals surface area contributed by atoms with Crippen LogP contribution >= 0.6 is 0 Å². The molecule has 1 atom stereocenters. The van der Waals surface area contributed by atoms with Crippen LogP contribution < -0.4 is 0 Å². The Kier molecular flexibility index (Phi) is 4.39. The summed E-state index contributed by atoms with van der Waals surface area (Å²) < 4.78 is 24.9. The van der Waals surface area contributed by atoms with Gasteiger partial charge in [-0.05, 0) is 44.4 Å².